The zero-order valence-electron chi connectivity index (χ0n) is 10.3. The quantitative estimate of drug-likeness (QED) is 0.877. The monoisotopic (exact) mass is 323 g/mol. The van der Waals surface area contributed by atoms with Gasteiger partial charge in [-0.2, -0.15) is 4.31 Å². The molecule has 0 aliphatic carbocycles. The van der Waals surface area contributed by atoms with E-state index in [1.54, 1.807) is 7.05 Å². The van der Waals surface area contributed by atoms with Crippen LogP contribution < -0.4 is 5.32 Å². The zero-order chi connectivity index (χ0) is 14.0. The predicted octanol–water partition coefficient (Wildman–Crippen LogP) is 0.530. The molecule has 1 aromatic rings. The molecule has 9 heteroatoms. The Morgan fingerprint density at radius 2 is 2.05 bits per heavy atom. The van der Waals surface area contributed by atoms with Gasteiger partial charge in [0.05, 0.1) is 5.02 Å². The van der Waals surface area contributed by atoms with Gasteiger partial charge in [0.15, 0.2) is 0 Å². The highest BCUT2D eigenvalue weighted by molar-refractivity contribution is 7.89. The lowest BCUT2D eigenvalue weighted by atomic mass is 10.4. The molecule has 0 aromatic carbocycles. The lowest BCUT2D eigenvalue weighted by molar-refractivity contribution is 0.438. The van der Waals surface area contributed by atoms with Crippen molar-refractivity contribution >= 4 is 38.2 Å². The molecule has 2 rings (SSSR count). The summed E-state index contributed by atoms with van der Waals surface area (Å²) in [4.78, 5) is 4.02. The fraction of sp³-hybridized carbons (Fsp3) is 0.500. The van der Waals surface area contributed by atoms with Crippen LogP contribution in [0.2, 0.25) is 5.02 Å². The van der Waals surface area contributed by atoms with Gasteiger partial charge in [-0.1, -0.05) is 11.6 Å². The molecule has 0 spiro atoms. The standard InChI is InChI=1S/C10H14ClN3O3S2/c1-12-10-9(11)6-8(7-13-10)19(16,17)14-2-4-18(15)5-3-14/h6-7H,2-5H2,1H3,(H,12,13). The molecule has 6 nitrogen and oxygen atoms in total. The topological polar surface area (TPSA) is 79.4 Å². The molecule has 1 fully saturated rings. The van der Waals surface area contributed by atoms with Gasteiger partial charge < -0.3 is 5.32 Å². The van der Waals surface area contributed by atoms with E-state index >= 15 is 0 Å². The van der Waals surface area contributed by atoms with E-state index in [0.29, 0.717) is 17.3 Å². The molecule has 2 heterocycles. The number of anilines is 1. The SMILES string of the molecule is CNc1ncc(S(=O)(=O)N2CCS(=O)CC2)cc1Cl. The maximum Gasteiger partial charge on any atom is 0.244 e. The smallest absolute Gasteiger partial charge is 0.244 e. The Balaban J connectivity index is 2.29. The third-order valence-electron chi connectivity index (χ3n) is 2.83. The minimum atomic E-state index is -3.61. The van der Waals surface area contributed by atoms with Gasteiger partial charge >= 0.3 is 0 Å². The lowest BCUT2D eigenvalue weighted by Gasteiger charge is -2.25. The predicted molar refractivity (Wildman–Crippen MR) is 75.4 cm³/mol. The van der Waals surface area contributed by atoms with E-state index < -0.39 is 20.8 Å². The van der Waals surface area contributed by atoms with Gasteiger partial charge in [-0.15, -0.1) is 0 Å². The Morgan fingerprint density at radius 1 is 1.42 bits per heavy atom. The second kappa shape index (κ2) is 5.74. The number of hydrogen-bond acceptors (Lipinski definition) is 5. The number of aromatic nitrogens is 1. The molecule has 1 aliphatic rings. The van der Waals surface area contributed by atoms with E-state index in [0.717, 1.165) is 0 Å². The molecule has 1 saturated heterocycles. The highest BCUT2D eigenvalue weighted by Crippen LogP contribution is 2.24. The van der Waals surface area contributed by atoms with Crippen LogP contribution in [0.25, 0.3) is 0 Å². The fourth-order valence-electron chi connectivity index (χ4n) is 1.76. The third-order valence-corrected chi connectivity index (χ3v) is 6.26. The second-order valence-electron chi connectivity index (χ2n) is 4.00. The van der Waals surface area contributed by atoms with Crippen molar-refractivity contribution in [2.75, 3.05) is 37.0 Å². The van der Waals surface area contributed by atoms with E-state index in [1.165, 1.54) is 16.6 Å². The Labute approximate surface area is 119 Å². The fourth-order valence-corrected chi connectivity index (χ4v) is 4.78. The van der Waals surface area contributed by atoms with Crippen molar-refractivity contribution in [3.8, 4) is 0 Å². The van der Waals surface area contributed by atoms with E-state index in [2.05, 4.69) is 10.3 Å². The molecular weight excluding hydrogens is 310 g/mol. The van der Waals surface area contributed by atoms with Crippen molar-refractivity contribution in [3.63, 3.8) is 0 Å². The number of pyridine rings is 1. The molecule has 0 unspecified atom stereocenters. The number of rotatable bonds is 3. The van der Waals surface area contributed by atoms with Gasteiger partial charge in [-0.3, -0.25) is 4.21 Å². The van der Waals surface area contributed by atoms with Crippen LogP contribution in [0.1, 0.15) is 0 Å². The van der Waals surface area contributed by atoms with E-state index in [1.807, 2.05) is 0 Å². The molecule has 0 bridgehead atoms. The number of sulfonamides is 1. The van der Waals surface area contributed by atoms with Crippen LogP contribution in [-0.4, -0.2) is 53.6 Å². The molecular formula is C10H14ClN3O3S2. The van der Waals surface area contributed by atoms with Crippen molar-refractivity contribution in [2.45, 2.75) is 4.90 Å². The van der Waals surface area contributed by atoms with Crippen LogP contribution in [0.3, 0.4) is 0 Å². The highest BCUT2D eigenvalue weighted by atomic mass is 35.5. The van der Waals surface area contributed by atoms with Crippen molar-refractivity contribution < 1.29 is 12.6 Å². The zero-order valence-corrected chi connectivity index (χ0v) is 12.7. The summed E-state index contributed by atoms with van der Waals surface area (Å²) in [7, 11) is -2.87. The van der Waals surface area contributed by atoms with Crippen LogP contribution in [-0.2, 0) is 20.8 Å². The van der Waals surface area contributed by atoms with Gasteiger partial charge in [0.25, 0.3) is 0 Å². The van der Waals surface area contributed by atoms with Crippen molar-refractivity contribution in [2.24, 2.45) is 0 Å². The lowest BCUT2D eigenvalue weighted by Crippen LogP contribution is -2.41. The van der Waals surface area contributed by atoms with Gasteiger partial charge in [0.1, 0.15) is 10.7 Å². The Kier molecular flexibility index (Phi) is 4.44. The van der Waals surface area contributed by atoms with Crippen molar-refractivity contribution in [1.82, 2.24) is 9.29 Å². The summed E-state index contributed by atoms with van der Waals surface area (Å²) in [5.74, 6) is 1.17. The Morgan fingerprint density at radius 3 is 2.58 bits per heavy atom. The number of halogens is 1. The van der Waals surface area contributed by atoms with Gasteiger partial charge in [0.2, 0.25) is 10.0 Å². The number of nitrogens with zero attached hydrogens (tertiary/aromatic N) is 2. The van der Waals surface area contributed by atoms with Gasteiger partial charge in [-0.25, -0.2) is 13.4 Å². The first-order valence-corrected chi connectivity index (χ1v) is 8.94. The van der Waals surface area contributed by atoms with E-state index in [4.69, 9.17) is 11.6 Å². The Bertz CT molecular complexity index is 596. The minimum Gasteiger partial charge on any atom is -0.372 e. The summed E-state index contributed by atoms with van der Waals surface area (Å²) in [6, 6.07) is 1.38. The molecule has 1 aliphatic heterocycles. The maximum absolute atomic E-state index is 12.4. The van der Waals surface area contributed by atoms with Crippen LogP contribution in [0.15, 0.2) is 17.2 Å². The molecule has 19 heavy (non-hydrogen) atoms. The number of hydrogen-bond donors (Lipinski definition) is 1. The van der Waals surface area contributed by atoms with Crippen molar-refractivity contribution in [1.29, 1.82) is 0 Å². The molecule has 106 valence electrons. The summed E-state index contributed by atoms with van der Waals surface area (Å²) in [5, 5.41) is 3.02. The van der Waals surface area contributed by atoms with Crippen LogP contribution in [0, 0.1) is 0 Å². The molecule has 0 radical (unpaired) electrons. The van der Waals surface area contributed by atoms with Gasteiger partial charge in [0, 0.05) is 48.6 Å². The van der Waals surface area contributed by atoms with Crippen LogP contribution in [0.4, 0.5) is 5.82 Å². The highest BCUT2D eigenvalue weighted by Gasteiger charge is 2.28. The molecule has 0 amide bonds. The average Bonchev–Trinajstić information content (AvgIpc) is 2.39. The summed E-state index contributed by atoms with van der Waals surface area (Å²) in [5.41, 5.74) is 0. The van der Waals surface area contributed by atoms with Crippen LogP contribution >= 0.6 is 11.6 Å². The van der Waals surface area contributed by atoms with Gasteiger partial charge in [-0.05, 0) is 6.07 Å². The normalized spacial score (nSPS) is 18.4. The Hall–Kier alpha value is -0.700. The number of nitrogens with one attached hydrogen (secondary N) is 1. The van der Waals surface area contributed by atoms with E-state index in [9.17, 15) is 12.6 Å². The summed E-state index contributed by atoms with van der Waals surface area (Å²) >= 11 is 5.94. The summed E-state index contributed by atoms with van der Waals surface area (Å²) < 4.78 is 37.3. The van der Waals surface area contributed by atoms with E-state index in [-0.39, 0.29) is 23.0 Å². The minimum absolute atomic E-state index is 0.0594. The third kappa shape index (κ3) is 3.07. The first kappa shape index (κ1) is 14.7. The molecule has 0 saturated carbocycles. The molecule has 0 atom stereocenters. The van der Waals surface area contributed by atoms with Crippen LogP contribution in [0.5, 0.6) is 0 Å². The largest absolute Gasteiger partial charge is 0.372 e. The second-order valence-corrected chi connectivity index (χ2v) is 8.04. The summed E-state index contributed by atoms with van der Waals surface area (Å²) in [6.45, 7) is 0.528. The summed E-state index contributed by atoms with van der Waals surface area (Å²) in [6.07, 6.45) is 1.28. The van der Waals surface area contributed by atoms with Crippen molar-refractivity contribution in [3.05, 3.63) is 17.3 Å². The molecule has 1 N–H and O–H groups in total. The molecule has 1 aromatic heterocycles. The first-order chi connectivity index (χ1) is 8.95. The first-order valence-electron chi connectivity index (χ1n) is 5.63. The maximum atomic E-state index is 12.4. The average molecular weight is 324 g/mol.